The van der Waals surface area contributed by atoms with Gasteiger partial charge in [0.05, 0.1) is 24.0 Å². The lowest BCUT2D eigenvalue weighted by Crippen LogP contribution is -2.14. The minimum Gasteiger partial charge on any atom is -0.497 e. The van der Waals surface area contributed by atoms with E-state index >= 15 is 0 Å². The van der Waals surface area contributed by atoms with E-state index in [-0.39, 0.29) is 21.4 Å². The van der Waals surface area contributed by atoms with Crippen molar-refractivity contribution in [2.75, 3.05) is 23.4 Å². The number of sulfonamides is 1. The molecule has 1 amide bonds. The van der Waals surface area contributed by atoms with Crippen LogP contribution in [0.3, 0.4) is 0 Å². The van der Waals surface area contributed by atoms with E-state index in [4.69, 9.17) is 16.3 Å². The number of carbonyl (C=O) groups is 1. The van der Waals surface area contributed by atoms with Gasteiger partial charge in [0.1, 0.15) is 10.8 Å². The Morgan fingerprint density at radius 3 is 2.50 bits per heavy atom. The predicted molar refractivity (Wildman–Crippen MR) is 110 cm³/mol. The molecular weight excluding hydrogens is 424 g/mol. The van der Waals surface area contributed by atoms with Gasteiger partial charge < -0.3 is 4.74 Å². The summed E-state index contributed by atoms with van der Waals surface area (Å²) in [7, 11) is -1.90. The average molecular weight is 439 g/mol. The molecule has 3 aromatic rings. The smallest absolute Gasteiger partial charge is 0.259 e. The summed E-state index contributed by atoms with van der Waals surface area (Å²) in [5.41, 5.74) is 1.17. The second-order valence-corrected chi connectivity index (χ2v) is 8.80. The number of anilines is 2. The Balaban J connectivity index is 1.78. The molecule has 0 unspecified atom stereocenters. The molecule has 2 N–H and O–H groups in total. The van der Waals surface area contributed by atoms with Crippen LogP contribution in [-0.2, 0) is 10.0 Å². The number of halogens is 1. The molecule has 1 heterocycles. The Morgan fingerprint density at radius 1 is 1.14 bits per heavy atom. The number of methoxy groups -OCH3 is 1. The van der Waals surface area contributed by atoms with Crippen molar-refractivity contribution in [3.8, 4) is 16.3 Å². The number of ether oxygens (including phenoxy) is 1. The van der Waals surface area contributed by atoms with Crippen molar-refractivity contribution in [2.45, 2.75) is 0 Å². The van der Waals surface area contributed by atoms with Crippen LogP contribution in [0.25, 0.3) is 10.6 Å². The van der Waals surface area contributed by atoms with E-state index in [0.717, 1.165) is 17.6 Å². The first-order valence-corrected chi connectivity index (χ1v) is 10.9. The van der Waals surface area contributed by atoms with Crippen LogP contribution in [-0.4, -0.2) is 37.9 Å². The molecule has 3 rings (SSSR count). The van der Waals surface area contributed by atoms with E-state index in [2.05, 4.69) is 20.2 Å². The molecule has 0 fully saturated rings. The number of benzene rings is 2. The van der Waals surface area contributed by atoms with E-state index in [9.17, 15) is 13.2 Å². The number of amides is 1. The van der Waals surface area contributed by atoms with E-state index in [0.29, 0.717) is 5.01 Å². The van der Waals surface area contributed by atoms with Crippen molar-refractivity contribution in [2.24, 2.45) is 0 Å². The van der Waals surface area contributed by atoms with Crippen LogP contribution in [0.4, 0.5) is 10.8 Å². The molecule has 8 nitrogen and oxygen atoms in total. The molecule has 28 heavy (non-hydrogen) atoms. The fourth-order valence-electron chi connectivity index (χ4n) is 2.27. The van der Waals surface area contributed by atoms with Gasteiger partial charge in [0, 0.05) is 11.3 Å². The molecule has 0 aliphatic rings. The number of aromatic nitrogens is 2. The SMILES string of the molecule is COc1ccc(-c2nnc(NC(=O)c3cc(NS(C)(=O)=O)ccc3Cl)s2)cc1. The number of nitrogens with zero attached hydrogens (tertiary/aromatic N) is 2. The van der Waals surface area contributed by atoms with Crippen molar-refractivity contribution in [3.63, 3.8) is 0 Å². The largest absolute Gasteiger partial charge is 0.497 e. The average Bonchev–Trinajstić information content (AvgIpc) is 3.10. The van der Waals surface area contributed by atoms with Crippen molar-refractivity contribution in [1.82, 2.24) is 10.2 Å². The van der Waals surface area contributed by atoms with Crippen LogP contribution < -0.4 is 14.8 Å². The van der Waals surface area contributed by atoms with Gasteiger partial charge in [-0.25, -0.2) is 8.42 Å². The maximum atomic E-state index is 12.5. The van der Waals surface area contributed by atoms with Crippen molar-refractivity contribution in [3.05, 3.63) is 53.1 Å². The van der Waals surface area contributed by atoms with Crippen LogP contribution in [0, 0.1) is 0 Å². The van der Waals surface area contributed by atoms with Crippen molar-refractivity contribution < 1.29 is 17.9 Å². The highest BCUT2D eigenvalue weighted by Gasteiger charge is 2.16. The summed E-state index contributed by atoms with van der Waals surface area (Å²) in [5.74, 6) is 0.193. The summed E-state index contributed by atoms with van der Waals surface area (Å²) in [6.45, 7) is 0. The van der Waals surface area contributed by atoms with Gasteiger partial charge in [-0.3, -0.25) is 14.8 Å². The van der Waals surface area contributed by atoms with Gasteiger partial charge >= 0.3 is 0 Å². The lowest BCUT2D eigenvalue weighted by Gasteiger charge is -2.08. The zero-order valence-electron chi connectivity index (χ0n) is 14.8. The van der Waals surface area contributed by atoms with Gasteiger partial charge in [-0.15, -0.1) is 10.2 Å². The van der Waals surface area contributed by atoms with E-state index in [1.54, 1.807) is 19.2 Å². The molecule has 0 aliphatic heterocycles. The quantitative estimate of drug-likeness (QED) is 0.609. The van der Waals surface area contributed by atoms with Gasteiger partial charge in [0.15, 0.2) is 0 Å². The zero-order chi connectivity index (χ0) is 20.3. The Labute approximate surface area is 170 Å². The van der Waals surface area contributed by atoms with Crippen molar-refractivity contribution >= 4 is 49.7 Å². The normalized spacial score (nSPS) is 11.1. The maximum absolute atomic E-state index is 12.5. The van der Waals surface area contributed by atoms with Gasteiger partial charge in [-0.1, -0.05) is 22.9 Å². The lowest BCUT2D eigenvalue weighted by atomic mass is 10.2. The third-order valence-corrected chi connectivity index (χ3v) is 5.32. The number of rotatable bonds is 6. The van der Waals surface area contributed by atoms with Gasteiger partial charge in [-0.2, -0.15) is 0 Å². The predicted octanol–water partition coefficient (Wildman–Crippen LogP) is 3.49. The van der Waals surface area contributed by atoms with Crippen LogP contribution in [0.2, 0.25) is 5.02 Å². The highest BCUT2D eigenvalue weighted by molar-refractivity contribution is 7.92. The highest BCUT2D eigenvalue weighted by Crippen LogP contribution is 2.29. The van der Waals surface area contributed by atoms with Crippen LogP contribution in [0.15, 0.2) is 42.5 Å². The summed E-state index contributed by atoms with van der Waals surface area (Å²) < 4.78 is 30.2. The molecule has 146 valence electrons. The Morgan fingerprint density at radius 2 is 1.86 bits per heavy atom. The molecule has 0 atom stereocenters. The Kier molecular flexibility index (Phi) is 5.82. The van der Waals surface area contributed by atoms with E-state index in [1.807, 2.05) is 12.1 Å². The molecular formula is C17H15ClN4O4S2. The summed E-state index contributed by atoms with van der Waals surface area (Å²) in [6, 6.07) is 11.5. The standard InChI is InChI=1S/C17H15ClN4O4S2/c1-26-12-6-3-10(4-7-12)16-20-21-17(27-16)19-15(23)13-9-11(5-8-14(13)18)22-28(2,24)25/h3-9,22H,1-2H3,(H,19,21,23). The number of carbonyl (C=O) groups excluding carboxylic acids is 1. The molecule has 0 aliphatic carbocycles. The molecule has 0 saturated carbocycles. The minimum absolute atomic E-state index is 0.108. The first kappa shape index (κ1) is 20.1. The molecule has 1 aromatic heterocycles. The van der Waals surface area contributed by atoms with E-state index < -0.39 is 15.9 Å². The summed E-state index contributed by atoms with van der Waals surface area (Å²) in [4.78, 5) is 12.5. The zero-order valence-corrected chi connectivity index (χ0v) is 17.2. The first-order chi connectivity index (χ1) is 13.2. The molecule has 0 bridgehead atoms. The third-order valence-electron chi connectivity index (χ3n) is 3.50. The Bertz CT molecular complexity index is 1110. The second-order valence-electron chi connectivity index (χ2n) is 5.66. The summed E-state index contributed by atoms with van der Waals surface area (Å²) in [6.07, 6.45) is 1.02. The van der Waals surface area contributed by atoms with E-state index in [1.165, 1.54) is 29.5 Å². The summed E-state index contributed by atoms with van der Waals surface area (Å²) in [5, 5.41) is 11.7. The molecule has 0 radical (unpaired) electrons. The number of hydrogen-bond acceptors (Lipinski definition) is 7. The summed E-state index contributed by atoms with van der Waals surface area (Å²) >= 11 is 7.27. The first-order valence-electron chi connectivity index (χ1n) is 7.82. The molecule has 2 aromatic carbocycles. The van der Waals surface area contributed by atoms with Crippen LogP contribution in [0.1, 0.15) is 10.4 Å². The highest BCUT2D eigenvalue weighted by atomic mass is 35.5. The molecule has 0 saturated heterocycles. The van der Waals surface area contributed by atoms with Gasteiger partial charge in [0.25, 0.3) is 5.91 Å². The topological polar surface area (TPSA) is 110 Å². The third kappa shape index (κ3) is 4.97. The monoisotopic (exact) mass is 438 g/mol. The van der Waals surface area contributed by atoms with Gasteiger partial charge in [-0.05, 0) is 42.5 Å². The minimum atomic E-state index is -3.48. The van der Waals surface area contributed by atoms with Crippen LogP contribution in [0.5, 0.6) is 5.75 Å². The maximum Gasteiger partial charge on any atom is 0.259 e. The number of hydrogen-bond donors (Lipinski definition) is 2. The Hall–Kier alpha value is -2.69. The van der Waals surface area contributed by atoms with Gasteiger partial charge in [0.2, 0.25) is 15.2 Å². The number of nitrogens with one attached hydrogen (secondary N) is 2. The molecule has 11 heteroatoms. The van der Waals surface area contributed by atoms with Crippen LogP contribution >= 0.6 is 22.9 Å². The fourth-order valence-corrected chi connectivity index (χ4v) is 3.77. The second kappa shape index (κ2) is 8.13. The lowest BCUT2D eigenvalue weighted by molar-refractivity contribution is 0.102. The molecule has 0 spiro atoms. The fraction of sp³-hybridized carbons (Fsp3) is 0.118. The van der Waals surface area contributed by atoms with Crippen molar-refractivity contribution in [1.29, 1.82) is 0 Å².